The second kappa shape index (κ2) is 5.23. The summed E-state index contributed by atoms with van der Waals surface area (Å²) in [5, 5.41) is 8.22. The Morgan fingerprint density at radius 3 is 2.67 bits per heavy atom. The maximum Gasteiger partial charge on any atom is 0.342 e. The van der Waals surface area contributed by atoms with Crippen molar-refractivity contribution < 1.29 is 9.53 Å². The fraction of sp³-hybridized carbons (Fsp3) is 0.714. The zero-order valence-electron chi connectivity index (χ0n) is 6.64. The van der Waals surface area contributed by atoms with Gasteiger partial charge in [0.15, 0.2) is 0 Å². The highest BCUT2D eigenvalue weighted by molar-refractivity contribution is 6.57. The standard InChI is InChI=1S/C7H9Cl2NO2/c1-2-12-6(11)7(8,9)4-3-5-10/h2-4H2,1H3. The molecule has 0 saturated carbocycles. The quantitative estimate of drug-likeness (QED) is 0.526. The van der Waals surface area contributed by atoms with Crippen LogP contribution in [0.3, 0.4) is 0 Å². The maximum atomic E-state index is 11.0. The summed E-state index contributed by atoms with van der Waals surface area (Å²) in [5.41, 5.74) is 0. The Bertz CT molecular complexity index is 198. The highest BCUT2D eigenvalue weighted by Gasteiger charge is 2.34. The Balaban J connectivity index is 4.01. The molecule has 3 nitrogen and oxygen atoms in total. The molecule has 0 aliphatic heterocycles. The molecule has 5 heteroatoms. The van der Waals surface area contributed by atoms with Gasteiger partial charge in [0, 0.05) is 12.8 Å². The lowest BCUT2D eigenvalue weighted by Gasteiger charge is -2.15. The van der Waals surface area contributed by atoms with Gasteiger partial charge in [-0.2, -0.15) is 5.26 Å². The van der Waals surface area contributed by atoms with Crippen LogP contribution in [0.15, 0.2) is 0 Å². The molecule has 0 aromatic heterocycles. The molecular weight excluding hydrogens is 201 g/mol. The summed E-state index contributed by atoms with van der Waals surface area (Å²) in [6.45, 7) is 1.89. The van der Waals surface area contributed by atoms with Gasteiger partial charge >= 0.3 is 5.97 Å². The molecule has 0 radical (unpaired) electrons. The predicted molar refractivity (Wildman–Crippen MR) is 45.9 cm³/mol. The van der Waals surface area contributed by atoms with E-state index in [4.69, 9.17) is 28.5 Å². The number of alkyl halides is 2. The zero-order valence-corrected chi connectivity index (χ0v) is 8.15. The van der Waals surface area contributed by atoms with Crippen LogP contribution in [-0.2, 0) is 9.53 Å². The van der Waals surface area contributed by atoms with Crippen LogP contribution in [0.25, 0.3) is 0 Å². The lowest BCUT2D eigenvalue weighted by atomic mass is 10.2. The number of hydrogen-bond acceptors (Lipinski definition) is 3. The number of ether oxygens (including phenoxy) is 1. The monoisotopic (exact) mass is 209 g/mol. The molecule has 0 aromatic carbocycles. The van der Waals surface area contributed by atoms with Crippen LogP contribution in [0.1, 0.15) is 19.8 Å². The second-order valence-electron chi connectivity index (χ2n) is 2.08. The number of hydrogen-bond donors (Lipinski definition) is 0. The molecule has 0 heterocycles. The summed E-state index contributed by atoms with van der Waals surface area (Å²) in [6, 6.07) is 1.84. The third-order valence-electron chi connectivity index (χ3n) is 1.12. The van der Waals surface area contributed by atoms with E-state index < -0.39 is 10.3 Å². The largest absolute Gasteiger partial charge is 0.464 e. The summed E-state index contributed by atoms with van der Waals surface area (Å²) >= 11 is 11.2. The van der Waals surface area contributed by atoms with Crippen molar-refractivity contribution in [3.05, 3.63) is 0 Å². The predicted octanol–water partition coefficient (Wildman–Crippen LogP) is 2.03. The Morgan fingerprint density at radius 1 is 1.67 bits per heavy atom. The molecule has 0 N–H and O–H groups in total. The molecule has 0 spiro atoms. The van der Waals surface area contributed by atoms with Gasteiger partial charge in [-0.1, -0.05) is 23.2 Å². The molecule has 12 heavy (non-hydrogen) atoms. The summed E-state index contributed by atoms with van der Waals surface area (Å²) in [5.74, 6) is -0.691. The van der Waals surface area contributed by atoms with E-state index in [-0.39, 0.29) is 19.4 Å². The van der Waals surface area contributed by atoms with Crippen LogP contribution in [-0.4, -0.2) is 16.9 Å². The van der Waals surface area contributed by atoms with Crippen molar-refractivity contribution >= 4 is 29.2 Å². The van der Waals surface area contributed by atoms with E-state index in [9.17, 15) is 4.79 Å². The van der Waals surface area contributed by atoms with Gasteiger partial charge < -0.3 is 4.74 Å². The van der Waals surface area contributed by atoms with Crippen LogP contribution in [0.2, 0.25) is 0 Å². The summed E-state index contributed by atoms with van der Waals surface area (Å²) in [7, 11) is 0. The minimum absolute atomic E-state index is 0.0887. The maximum absolute atomic E-state index is 11.0. The SMILES string of the molecule is CCOC(=O)C(Cl)(Cl)CCC#N. The Morgan fingerprint density at radius 2 is 2.25 bits per heavy atom. The number of nitrogens with zero attached hydrogens (tertiary/aromatic N) is 1. The Labute approximate surface area is 81.2 Å². The van der Waals surface area contributed by atoms with Crippen molar-refractivity contribution in [2.45, 2.75) is 24.1 Å². The first-order valence-electron chi connectivity index (χ1n) is 3.46. The minimum Gasteiger partial charge on any atom is -0.464 e. The van der Waals surface area contributed by atoms with Crippen LogP contribution in [0, 0.1) is 11.3 Å². The molecule has 0 aliphatic rings. The fourth-order valence-electron chi connectivity index (χ4n) is 0.552. The average molecular weight is 210 g/mol. The molecule has 0 atom stereocenters. The van der Waals surface area contributed by atoms with E-state index in [1.54, 1.807) is 6.92 Å². The molecule has 0 amide bonds. The lowest BCUT2D eigenvalue weighted by Crippen LogP contribution is -2.28. The number of rotatable bonds is 4. The molecule has 0 aromatic rings. The molecule has 0 saturated heterocycles. The van der Waals surface area contributed by atoms with Crippen molar-refractivity contribution in [1.82, 2.24) is 0 Å². The topological polar surface area (TPSA) is 50.1 Å². The number of halogens is 2. The van der Waals surface area contributed by atoms with Crippen LogP contribution < -0.4 is 0 Å². The number of carbonyl (C=O) groups excluding carboxylic acids is 1. The van der Waals surface area contributed by atoms with Crippen molar-refractivity contribution in [3.8, 4) is 6.07 Å². The summed E-state index contributed by atoms with van der Waals surface area (Å²) in [4.78, 5) is 11.0. The third kappa shape index (κ3) is 3.80. The van der Waals surface area contributed by atoms with E-state index in [0.717, 1.165) is 0 Å². The van der Waals surface area contributed by atoms with E-state index >= 15 is 0 Å². The lowest BCUT2D eigenvalue weighted by molar-refractivity contribution is -0.144. The molecule has 68 valence electrons. The first-order valence-corrected chi connectivity index (χ1v) is 4.22. The van der Waals surface area contributed by atoms with Crippen molar-refractivity contribution in [3.63, 3.8) is 0 Å². The van der Waals surface area contributed by atoms with Crippen molar-refractivity contribution in [2.24, 2.45) is 0 Å². The van der Waals surface area contributed by atoms with E-state index in [0.29, 0.717) is 0 Å². The first-order chi connectivity index (χ1) is 5.54. The van der Waals surface area contributed by atoms with Crippen LogP contribution in [0.4, 0.5) is 0 Å². The van der Waals surface area contributed by atoms with E-state index in [1.165, 1.54) is 0 Å². The normalized spacial score (nSPS) is 10.5. The average Bonchev–Trinajstić information content (AvgIpc) is 2.01. The van der Waals surface area contributed by atoms with Crippen LogP contribution >= 0.6 is 23.2 Å². The first kappa shape index (κ1) is 11.5. The molecule has 0 rings (SSSR count). The summed E-state index contributed by atoms with van der Waals surface area (Å²) < 4.78 is 3.01. The molecule has 0 unspecified atom stereocenters. The smallest absolute Gasteiger partial charge is 0.342 e. The number of esters is 1. The van der Waals surface area contributed by atoms with Gasteiger partial charge in [-0.15, -0.1) is 0 Å². The van der Waals surface area contributed by atoms with Gasteiger partial charge in [0.1, 0.15) is 0 Å². The zero-order chi connectivity index (χ0) is 9.61. The number of carbonyl (C=O) groups is 1. The molecule has 0 aliphatic carbocycles. The van der Waals surface area contributed by atoms with Gasteiger partial charge in [0.05, 0.1) is 12.7 Å². The Kier molecular flexibility index (Phi) is 5.03. The Hall–Kier alpha value is -0.460. The highest BCUT2D eigenvalue weighted by Crippen LogP contribution is 2.28. The van der Waals surface area contributed by atoms with Gasteiger partial charge in [0.25, 0.3) is 0 Å². The van der Waals surface area contributed by atoms with Crippen molar-refractivity contribution in [1.29, 1.82) is 5.26 Å². The molecular formula is C7H9Cl2NO2. The molecule has 0 bridgehead atoms. The highest BCUT2D eigenvalue weighted by atomic mass is 35.5. The van der Waals surface area contributed by atoms with Crippen LogP contribution in [0.5, 0.6) is 0 Å². The third-order valence-corrected chi connectivity index (χ3v) is 1.81. The summed E-state index contributed by atoms with van der Waals surface area (Å²) in [6.07, 6.45) is 0.220. The van der Waals surface area contributed by atoms with Gasteiger partial charge in [-0.3, -0.25) is 0 Å². The van der Waals surface area contributed by atoms with Gasteiger partial charge in [-0.05, 0) is 6.92 Å². The fourth-order valence-corrected chi connectivity index (χ4v) is 0.850. The molecule has 0 fully saturated rings. The van der Waals surface area contributed by atoms with E-state index in [1.807, 2.05) is 6.07 Å². The van der Waals surface area contributed by atoms with Gasteiger partial charge in [-0.25, -0.2) is 4.79 Å². The second-order valence-corrected chi connectivity index (χ2v) is 3.57. The number of nitriles is 1. The van der Waals surface area contributed by atoms with Gasteiger partial charge in [0.2, 0.25) is 4.33 Å². The van der Waals surface area contributed by atoms with Crippen molar-refractivity contribution in [2.75, 3.05) is 6.61 Å². The van der Waals surface area contributed by atoms with E-state index in [2.05, 4.69) is 4.74 Å². The minimum atomic E-state index is -1.58.